The fraction of sp³-hybridized carbons (Fsp3) is 0.0556. The summed E-state index contributed by atoms with van der Waals surface area (Å²) in [6.07, 6.45) is 1.38. The second-order valence-electron chi connectivity index (χ2n) is 4.80. The van der Waals surface area contributed by atoms with E-state index >= 15 is 0 Å². The summed E-state index contributed by atoms with van der Waals surface area (Å²) < 4.78 is 6.04. The molecule has 0 radical (unpaired) electrons. The lowest BCUT2D eigenvalue weighted by Crippen LogP contribution is -2.13. The first-order valence-corrected chi connectivity index (χ1v) is 7.84. The van der Waals surface area contributed by atoms with Crippen LogP contribution in [0, 0.1) is 22.7 Å². The molecule has 0 saturated heterocycles. The summed E-state index contributed by atoms with van der Waals surface area (Å²) in [4.78, 5) is 12.3. The zero-order valence-electron chi connectivity index (χ0n) is 12.9. The molecule has 1 amide bonds. The summed E-state index contributed by atoms with van der Waals surface area (Å²) >= 11 is 3.32. The molecule has 0 aliphatic carbocycles. The van der Waals surface area contributed by atoms with Crippen molar-refractivity contribution in [2.45, 2.75) is 0 Å². The predicted molar refractivity (Wildman–Crippen MR) is 95.6 cm³/mol. The van der Waals surface area contributed by atoms with Gasteiger partial charge < -0.3 is 15.2 Å². The van der Waals surface area contributed by atoms with Crippen molar-refractivity contribution in [3.63, 3.8) is 0 Å². The number of anilines is 1. The molecule has 2 aromatic carbocycles. The number of carbonyl (C=O) groups is 1. The van der Waals surface area contributed by atoms with Crippen LogP contribution < -0.4 is 10.1 Å². The minimum absolute atomic E-state index is 0.0717. The number of hydrogen-bond acceptors (Lipinski definition) is 5. The number of ether oxygens (including phenoxy) is 1. The molecular formula is C18H12BrN3O3. The quantitative estimate of drug-likeness (QED) is 0.455. The van der Waals surface area contributed by atoms with Crippen LogP contribution >= 0.6 is 15.9 Å². The maximum atomic E-state index is 12.3. The summed E-state index contributed by atoms with van der Waals surface area (Å²) in [5.74, 6) is -0.142. The van der Waals surface area contributed by atoms with E-state index in [0.29, 0.717) is 17.0 Å². The third kappa shape index (κ3) is 5.10. The molecule has 0 spiro atoms. The molecule has 0 unspecified atom stereocenters. The molecule has 2 N–H and O–H groups in total. The number of nitrogens with zero attached hydrogens (tertiary/aromatic N) is 2. The van der Waals surface area contributed by atoms with Crippen molar-refractivity contribution < 1.29 is 14.6 Å². The van der Waals surface area contributed by atoms with Crippen LogP contribution in [0.2, 0.25) is 0 Å². The van der Waals surface area contributed by atoms with Crippen LogP contribution in [0.3, 0.4) is 0 Å². The maximum absolute atomic E-state index is 12.3. The largest absolute Gasteiger partial charge is 0.508 e. The number of rotatable bonds is 5. The van der Waals surface area contributed by atoms with Crippen LogP contribution in [-0.2, 0) is 4.79 Å². The molecule has 6 nitrogen and oxygen atoms in total. The lowest BCUT2D eigenvalue weighted by molar-refractivity contribution is -0.112. The second-order valence-corrected chi connectivity index (χ2v) is 5.72. The van der Waals surface area contributed by atoms with Gasteiger partial charge >= 0.3 is 0 Å². The average Bonchev–Trinajstić information content (AvgIpc) is 2.60. The van der Waals surface area contributed by atoms with Crippen LogP contribution in [0.4, 0.5) is 5.69 Å². The summed E-state index contributed by atoms with van der Waals surface area (Å²) in [6.45, 7) is -0.149. The number of amides is 1. The molecule has 7 heteroatoms. The fourth-order valence-electron chi connectivity index (χ4n) is 1.92. The standard InChI is InChI=1S/C18H12BrN3O3/c19-14-1-6-17(25-8-7-20)12(10-14)9-13(11-21)18(24)22-15-2-4-16(23)5-3-15/h1-6,9-10,23H,8H2,(H,22,24)/b13-9+. The summed E-state index contributed by atoms with van der Waals surface area (Å²) in [7, 11) is 0. The van der Waals surface area contributed by atoms with Gasteiger partial charge in [0.05, 0.1) is 0 Å². The number of carbonyl (C=O) groups excluding carboxylic acids is 1. The minimum Gasteiger partial charge on any atom is -0.508 e. The van der Waals surface area contributed by atoms with Gasteiger partial charge in [-0.05, 0) is 48.5 Å². The Labute approximate surface area is 152 Å². The molecule has 0 aliphatic heterocycles. The molecular weight excluding hydrogens is 386 g/mol. The van der Waals surface area contributed by atoms with Gasteiger partial charge in [-0.3, -0.25) is 4.79 Å². The van der Waals surface area contributed by atoms with E-state index < -0.39 is 5.91 Å². The van der Waals surface area contributed by atoms with Crippen molar-refractivity contribution >= 4 is 33.6 Å². The molecule has 0 aliphatic rings. The molecule has 0 atom stereocenters. The van der Waals surface area contributed by atoms with Crippen molar-refractivity contribution in [1.29, 1.82) is 10.5 Å². The van der Waals surface area contributed by atoms with Crippen molar-refractivity contribution in [2.75, 3.05) is 11.9 Å². The Bertz CT molecular complexity index is 893. The molecule has 25 heavy (non-hydrogen) atoms. The Morgan fingerprint density at radius 1 is 1.24 bits per heavy atom. The Morgan fingerprint density at radius 2 is 1.96 bits per heavy atom. The predicted octanol–water partition coefficient (Wildman–Crippen LogP) is 3.60. The molecule has 0 saturated carbocycles. The molecule has 0 heterocycles. The van der Waals surface area contributed by atoms with E-state index in [1.807, 2.05) is 12.1 Å². The number of halogens is 1. The van der Waals surface area contributed by atoms with Gasteiger partial charge in [-0.2, -0.15) is 10.5 Å². The normalized spacial score (nSPS) is 10.4. The number of nitrogens with one attached hydrogen (secondary N) is 1. The first-order valence-electron chi connectivity index (χ1n) is 7.05. The third-order valence-corrected chi connectivity index (χ3v) is 3.55. The van der Waals surface area contributed by atoms with Crippen molar-refractivity contribution in [1.82, 2.24) is 0 Å². The Morgan fingerprint density at radius 3 is 2.60 bits per heavy atom. The monoisotopic (exact) mass is 397 g/mol. The molecule has 2 aromatic rings. The van der Waals surface area contributed by atoms with Crippen LogP contribution in [0.15, 0.2) is 52.5 Å². The molecule has 2 rings (SSSR count). The topological polar surface area (TPSA) is 106 Å². The van der Waals surface area contributed by atoms with Crippen LogP contribution in [-0.4, -0.2) is 17.6 Å². The minimum atomic E-state index is -0.598. The van der Waals surface area contributed by atoms with Crippen LogP contribution in [0.25, 0.3) is 6.08 Å². The molecule has 0 bridgehead atoms. The third-order valence-electron chi connectivity index (χ3n) is 3.05. The fourth-order valence-corrected chi connectivity index (χ4v) is 2.30. The number of phenols is 1. The summed E-state index contributed by atoms with van der Waals surface area (Å²) in [5.41, 5.74) is 0.800. The van der Waals surface area contributed by atoms with Gasteiger partial charge in [0, 0.05) is 15.7 Å². The van der Waals surface area contributed by atoms with Gasteiger partial charge in [0.1, 0.15) is 29.2 Å². The van der Waals surface area contributed by atoms with Gasteiger partial charge in [0.2, 0.25) is 0 Å². The summed E-state index contributed by atoms with van der Waals surface area (Å²) in [5, 5.41) is 29.8. The molecule has 0 aromatic heterocycles. The molecule has 0 fully saturated rings. The summed E-state index contributed by atoms with van der Waals surface area (Å²) in [6, 6.07) is 14.6. The van der Waals surface area contributed by atoms with Crippen molar-refractivity contribution in [3.8, 4) is 23.6 Å². The highest BCUT2D eigenvalue weighted by Crippen LogP contribution is 2.26. The zero-order valence-corrected chi connectivity index (χ0v) is 14.4. The van der Waals surface area contributed by atoms with Gasteiger partial charge in [-0.15, -0.1) is 0 Å². The van der Waals surface area contributed by atoms with E-state index in [0.717, 1.165) is 4.47 Å². The first-order chi connectivity index (χ1) is 12.0. The van der Waals surface area contributed by atoms with Crippen molar-refractivity contribution in [2.24, 2.45) is 0 Å². The van der Waals surface area contributed by atoms with Gasteiger partial charge in [-0.25, -0.2) is 0 Å². The number of hydrogen-bond donors (Lipinski definition) is 2. The van der Waals surface area contributed by atoms with Gasteiger partial charge in [0.25, 0.3) is 5.91 Å². The lowest BCUT2D eigenvalue weighted by Gasteiger charge is -2.08. The maximum Gasteiger partial charge on any atom is 0.266 e. The first kappa shape index (κ1) is 18.1. The van der Waals surface area contributed by atoms with Crippen LogP contribution in [0.5, 0.6) is 11.5 Å². The highest BCUT2D eigenvalue weighted by molar-refractivity contribution is 9.10. The Balaban J connectivity index is 2.29. The number of aromatic hydroxyl groups is 1. The number of benzene rings is 2. The zero-order chi connectivity index (χ0) is 18.2. The van der Waals surface area contributed by atoms with E-state index in [9.17, 15) is 15.2 Å². The van der Waals surface area contributed by atoms with E-state index in [1.54, 1.807) is 18.2 Å². The lowest BCUT2D eigenvalue weighted by atomic mass is 10.1. The number of nitriles is 2. The molecule has 124 valence electrons. The van der Waals surface area contributed by atoms with Gasteiger partial charge in [0.15, 0.2) is 6.61 Å². The van der Waals surface area contributed by atoms with E-state index in [4.69, 9.17) is 10.00 Å². The van der Waals surface area contributed by atoms with Crippen molar-refractivity contribution in [3.05, 3.63) is 58.1 Å². The van der Waals surface area contributed by atoms with E-state index in [-0.39, 0.29) is 17.9 Å². The Hall–Kier alpha value is -3.29. The second kappa shape index (κ2) is 8.53. The van der Waals surface area contributed by atoms with Crippen LogP contribution in [0.1, 0.15) is 5.56 Å². The van der Waals surface area contributed by atoms with Gasteiger partial charge in [-0.1, -0.05) is 15.9 Å². The number of phenolic OH excluding ortho intramolecular Hbond substituents is 1. The highest BCUT2D eigenvalue weighted by Gasteiger charge is 2.12. The average molecular weight is 398 g/mol. The van der Waals surface area contributed by atoms with E-state index in [1.165, 1.54) is 30.3 Å². The smallest absolute Gasteiger partial charge is 0.266 e. The highest BCUT2D eigenvalue weighted by atomic mass is 79.9. The Kier molecular flexibility index (Phi) is 6.16. The van der Waals surface area contributed by atoms with E-state index in [2.05, 4.69) is 21.2 Å². The SMILES string of the molecule is N#CCOc1ccc(Br)cc1/C=C(\C#N)C(=O)Nc1ccc(O)cc1.